The van der Waals surface area contributed by atoms with Crippen molar-refractivity contribution in [1.82, 2.24) is 14.8 Å². The molecule has 1 fully saturated rings. The Bertz CT molecular complexity index is 722. The fourth-order valence-electron chi connectivity index (χ4n) is 3.95. The maximum Gasteiger partial charge on any atom is 0.343 e. The normalized spacial score (nSPS) is 18.8. The summed E-state index contributed by atoms with van der Waals surface area (Å²) >= 11 is 0. The van der Waals surface area contributed by atoms with Crippen LogP contribution in [-0.4, -0.2) is 71.6 Å². The lowest BCUT2D eigenvalue weighted by Crippen LogP contribution is -2.42. The van der Waals surface area contributed by atoms with Gasteiger partial charge < -0.3 is 24.8 Å². The summed E-state index contributed by atoms with van der Waals surface area (Å²) in [4.78, 5) is 26.4. The zero-order valence-electron chi connectivity index (χ0n) is 15.9. The average Bonchev–Trinajstić information content (AvgIpc) is 2.85. The number of pyridine rings is 1. The molecule has 160 valence electrons. The number of hydrogen-bond donors (Lipinski definition) is 3. The summed E-state index contributed by atoms with van der Waals surface area (Å²) in [6, 6.07) is 1.06. The molecule has 0 amide bonds. The maximum absolute atomic E-state index is 12.3. The second kappa shape index (κ2) is 11.0. The largest absolute Gasteiger partial charge is 0.507 e. The third kappa shape index (κ3) is 5.39. The number of carbonyl (C=O) groups excluding carboxylic acids is 1. The highest BCUT2D eigenvalue weighted by atomic mass is 35.5. The Morgan fingerprint density at radius 3 is 2.61 bits per heavy atom. The molecule has 3 heterocycles. The molecule has 0 bridgehead atoms. The van der Waals surface area contributed by atoms with Crippen molar-refractivity contribution in [2.45, 2.75) is 31.9 Å². The van der Waals surface area contributed by atoms with Gasteiger partial charge in [0.1, 0.15) is 11.3 Å². The molecule has 0 aliphatic carbocycles. The standard InChI is InChI=1S/C18H27N3O5.2ClH/c1-26-18(25)17-13-4-7-20(8-9-21(13)16(24)10-14(17)22)11-15(23)12-2-5-19-6-3-12;;/h10,12,15,19,22-23H,2-9,11H2,1H3;2*1H. The van der Waals surface area contributed by atoms with Gasteiger partial charge in [-0.2, -0.15) is 0 Å². The lowest BCUT2D eigenvalue weighted by molar-refractivity contribution is 0.0509. The van der Waals surface area contributed by atoms with Crippen molar-refractivity contribution >= 4 is 30.8 Å². The molecular formula is C18H29Cl2N3O5. The SMILES string of the molecule is COC(=O)c1c(O)cc(=O)n2c1CCN(CC(O)C1CCNCC1)CC2.Cl.Cl. The van der Waals surface area contributed by atoms with Crippen molar-refractivity contribution in [1.29, 1.82) is 0 Å². The van der Waals surface area contributed by atoms with Crippen LogP contribution in [0.5, 0.6) is 5.75 Å². The van der Waals surface area contributed by atoms with Gasteiger partial charge in [-0.3, -0.25) is 9.69 Å². The van der Waals surface area contributed by atoms with E-state index in [0.29, 0.717) is 44.2 Å². The number of fused-ring (bicyclic) bond motifs is 1. The number of nitrogens with one attached hydrogen (secondary N) is 1. The van der Waals surface area contributed by atoms with Gasteiger partial charge in [0.25, 0.3) is 5.56 Å². The number of hydrogen-bond acceptors (Lipinski definition) is 7. The Morgan fingerprint density at radius 1 is 1.29 bits per heavy atom. The number of halogens is 2. The van der Waals surface area contributed by atoms with E-state index in [0.717, 1.165) is 32.0 Å². The molecule has 0 spiro atoms. The molecular weight excluding hydrogens is 409 g/mol. The average molecular weight is 438 g/mol. The van der Waals surface area contributed by atoms with E-state index in [2.05, 4.69) is 10.2 Å². The van der Waals surface area contributed by atoms with Crippen molar-refractivity contribution in [3.05, 3.63) is 27.7 Å². The van der Waals surface area contributed by atoms with Crippen LogP contribution < -0.4 is 10.9 Å². The Balaban J connectivity index is 0.00000196. The number of carbonyl (C=O) groups is 1. The molecule has 0 radical (unpaired) electrons. The van der Waals surface area contributed by atoms with Crippen molar-refractivity contribution in [2.75, 3.05) is 39.8 Å². The van der Waals surface area contributed by atoms with Gasteiger partial charge in [-0.25, -0.2) is 4.79 Å². The maximum atomic E-state index is 12.3. The highest BCUT2D eigenvalue weighted by molar-refractivity contribution is 5.93. The second-order valence-electron chi connectivity index (χ2n) is 7.04. The van der Waals surface area contributed by atoms with Crippen molar-refractivity contribution in [2.24, 2.45) is 5.92 Å². The number of piperidine rings is 1. The Labute approximate surface area is 176 Å². The van der Waals surface area contributed by atoms with Crippen LogP contribution in [0.1, 0.15) is 28.9 Å². The van der Waals surface area contributed by atoms with Gasteiger partial charge in [0, 0.05) is 44.4 Å². The Kier molecular flexibility index (Phi) is 9.73. The molecule has 1 saturated heterocycles. The summed E-state index contributed by atoms with van der Waals surface area (Å²) < 4.78 is 6.29. The van der Waals surface area contributed by atoms with Crippen LogP contribution in [0.4, 0.5) is 0 Å². The number of aliphatic hydroxyl groups excluding tert-OH is 1. The van der Waals surface area contributed by atoms with Gasteiger partial charge in [-0.1, -0.05) is 0 Å². The molecule has 10 heteroatoms. The number of aliphatic hydroxyl groups is 1. The minimum absolute atomic E-state index is 0. The zero-order chi connectivity index (χ0) is 18.7. The van der Waals surface area contributed by atoms with E-state index in [-0.39, 0.29) is 41.7 Å². The van der Waals surface area contributed by atoms with Crippen LogP contribution in [-0.2, 0) is 17.7 Å². The fraction of sp³-hybridized carbons (Fsp3) is 0.667. The number of methoxy groups -OCH3 is 1. The van der Waals surface area contributed by atoms with E-state index in [4.69, 9.17) is 4.74 Å². The quantitative estimate of drug-likeness (QED) is 0.585. The third-order valence-corrected chi connectivity index (χ3v) is 5.46. The molecule has 1 atom stereocenters. The van der Waals surface area contributed by atoms with Crippen molar-refractivity contribution in [3.8, 4) is 5.75 Å². The first-order valence-electron chi connectivity index (χ1n) is 9.16. The van der Waals surface area contributed by atoms with Crippen LogP contribution in [0.2, 0.25) is 0 Å². The number of nitrogens with zero attached hydrogens (tertiary/aromatic N) is 2. The number of aromatic nitrogens is 1. The Hall–Kier alpha value is -1.32. The van der Waals surface area contributed by atoms with E-state index >= 15 is 0 Å². The van der Waals surface area contributed by atoms with Gasteiger partial charge >= 0.3 is 5.97 Å². The number of β-amino-alcohol motifs (C(OH)–C–C–N with tert-alkyl or cyclic N) is 1. The van der Waals surface area contributed by atoms with Gasteiger partial charge in [0.2, 0.25) is 0 Å². The summed E-state index contributed by atoms with van der Waals surface area (Å²) in [5, 5.41) is 23.9. The van der Waals surface area contributed by atoms with Gasteiger partial charge in [0.15, 0.2) is 0 Å². The molecule has 0 aromatic carbocycles. The Morgan fingerprint density at radius 2 is 1.96 bits per heavy atom. The summed E-state index contributed by atoms with van der Waals surface area (Å²) in [7, 11) is 1.25. The lowest BCUT2D eigenvalue weighted by Gasteiger charge is -2.31. The third-order valence-electron chi connectivity index (χ3n) is 5.46. The molecule has 8 nitrogen and oxygen atoms in total. The van der Waals surface area contributed by atoms with Crippen molar-refractivity contribution < 1.29 is 19.7 Å². The zero-order valence-corrected chi connectivity index (χ0v) is 17.6. The van der Waals surface area contributed by atoms with E-state index in [1.54, 1.807) is 0 Å². The van der Waals surface area contributed by atoms with E-state index in [9.17, 15) is 19.8 Å². The first kappa shape index (κ1) is 24.7. The predicted molar refractivity (Wildman–Crippen MR) is 110 cm³/mol. The molecule has 1 aromatic heterocycles. The van der Waals surface area contributed by atoms with Crippen LogP contribution >= 0.6 is 24.8 Å². The molecule has 2 aliphatic heterocycles. The molecule has 28 heavy (non-hydrogen) atoms. The minimum atomic E-state index is -0.644. The fourth-order valence-corrected chi connectivity index (χ4v) is 3.95. The first-order chi connectivity index (χ1) is 12.5. The predicted octanol–water partition coefficient (Wildman–Crippen LogP) is 0.403. The second-order valence-corrected chi connectivity index (χ2v) is 7.04. The van der Waals surface area contributed by atoms with E-state index in [1.165, 1.54) is 11.7 Å². The van der Waals surface area contributed by atoms with E-state index in [1.807, 2.05) is 0 Å². The molecule has 3 rings (SSSR count). The lowest BCUT2D eigenvalue weighted by atomic mass is 9.92. The van der Waals surface area contributed by atoms with Crippen LogP contribution in [0.25, 0.3) is 0 Å². The highest BCUT2D eigenvalue weighted by Crippen LogP contribution is 2.23. The molecule has 1 unspecified atom stereocenters. The molecule has 2 aliphatic rings. The minimum Gasteiger partial charge on any atom is -0.507 e. The van der Waals surface area contributed by atoms with Crippen molar-refractivity contribution in [3.63, 3.8) is 0 Å². The molecule has 3 N–H and O–H groups in total. The van der Waals surface area contributed by atoms with Gasteiger partial charge in [-0.05, 0) is 31.8 Å². The number of aromatic hydroxyl groups is 1. The van der Waals surface area contributed by atoms with Gasteiger partial charge in [-0.15, -0.1) is 24.8 Å². The van der Waals surface area contributed by atoms with Crippen LogP contribution in [0.15, 0.2) is 10.9 Å². The number of rotatable bonds is 4. The summed E-state index contributed by atoms with van der Waals surface area (Å²) in [5.74, 6) is -0.690. The topological polar surface area (TPSA) is 104 Å². The van der Waals surface area contributed by atoms with Gasteiger partial charge in [0.05, 0.1) is 13.2 Å². The summed E-state index contributed by atoms with van der Waals surface area (Å²) in [6.45, 7) is 4.05. The number of ether oxygens (including phenoxy) is 1. The summed E-state index contributed by atoms with van der Waals surface area (Å²) in [5.41, 5.74) is 0.236. The smallest absolute Gasteiger partial charge is 0.343 e. The van der Waals surface area contributed by atoms with Crippen LogP contribution in [0.3, 0.4) is 0 Å². The molecule has 1 aromatic rings. The highest BCUT2D eigenvalue weighted by Gasteiger charge is 2.27. The number of esters is 1. The summed E-state index contributed by atoms with van der Waals surface area (Å²) in [6.07, 6.45) is 1.97. The monoisotopic (exact) mass is 437 g/mol. The molecule has 0 saturated carbocycles. The van der Waals surface area contributed by atoms with E-state index < -0.39 is 12.1 Å². The van der Waals surface area contributed by atoms with Crippen LogP contribution in [0, 0.1) is 5.92 Å². The first-order valence-corrected chi connectivity index (χ1v) is 9.16.